The first-order chi connectivity index (χ1) is 10.1. The van der Waals surface area contributed by atoms with Crippen molar-refractivity contribution >= 4 is 17.6 Å². The lowest BCUT2D eigenvalue weighted by Crippen LogP contribution is -2.11. The van der Waals surface area contributed by atoms with E-state index in [4.69, 9.17) is 10.5 Å². The van der Waals surface area contributed by atoms with Crippen LogP contribution in [0.5, 0.6) is 0 Å². The summed E-state index contributed by atoms with van der Waals surface area (Å²) in [6, 6.07) is 14.1. The number of primary amides is 1. The maximum absolute atomic E-state index is 11.7. The fraction of sp³-hybridized carbons (Fsp3) is 0.125. The summed E-state index contributed by atoms with van der Waals surface area (Å²) in [4.78, 5) is 22.7. The van der Waals surface area contributed by atoms with Crippen molar-refractivity contribution in [1.82, 2.24) is 0 Å². The highest BCUT2D eigenvalue weighted by molar-refractivity contribution is 5.93. The molecular weight excluding hydrogens is 268 g/mol. The zero-order valence-electron chi connectivity index (χ0n) is 11.6. The zero-order chi connectivity index (χ0) is 15.2. The van der Waals surface area contributed by atoms with E-state index in [0.29, 0.717) is 17.7 Å². The van der Waals surface area contributed by atoms with E-state index in [0.717, 1.165) is 11.3 Å². The second kappa shape index (κ2) is 6.56. The topological polar surface area (TPSA) is 81.4 Å². The fourth-order valence-electron chi connectivity index (χ4n) is 1.93. The van der Waals surface area contributed by atoms with Crippen LogP contribution in [0.25, 0.3) is 0 Å². The normalized spacial score (nSPS) is 9.95. The molecule has 2 rings (SSSR count). The average molecular weight is 284 g/mol. The Labute approximate surface area is 122 Å². The maximum atomic E-state index is 11.7. The van der Waals surface area contributed by atoms with Gasteiger partial charge in [0.05, 0.1) is 12.7 Å². The summed E-state index contributed by atoms with van der Waals surface area (Å²) in [6.45, 7) is 0.473. The number of carbonyl (C=O) groups excluding carboxylic acids is 2. The highest BCUT2D eigenvalue weighted by atomic mass is 16.5. The Hall–Kier alpha value is -2.82. The Morgan fingerprint density at radius 3 is 2.38 bits per heavy atom. The van der Waals surface area contributed by atoms with Gasteiger partial charge in [-0.3, -0.25) is 4.79 Å². The van der Waals surface area contributed by atoms with Crippen molar-refractivity contribution in [3.8, 4) is 0 Å². The van der Waals surface area contributed by atoms with Gasteiger partial charge in [0.2, 0.25) is 5.91 Å². The number of esters is 1. The van der Waals surface area contributed by atoms with Crippen LogP contribution in [0.2, 0.25) is 0 Å². The van der Waals surface area contributed by atoms with Crippen molar-refractivity contribution in [2.75, 3.05) is 12.4 Å². The molecule has 0 aromatic heterocycles. The number of carbonyl (C=O) groups is 2. The Kier molecular flexibility index (Phi) is 4.56. The van der Waals surface area contributed by atoms with Crippen LogP contribution in [-0.2, 0) is 11.3 Å². The first kappa shape index (κ1) is 14.6. The SMILES string of the molecule is COC(=O)c1ccccc1CNc1ccc(C(N)=O)cc1. The number of nitrogens with two attached hydrogens (primary N) is 1. The lowest BCUT2D eigenvalue weighted by atomic mass is 10.1. The van der Waals surface area contributed by atoms with Crippen molar-refractivity contribution in [3.63, 3.8) is 0 Å². The molecule has 0 spiro atoms. The maximum Gasteiger partial charge on any atom is 0.338 e. The third-order valence-corrected chi connectivity index (χ3v) is 3.08. The molecule has 0 saturated carbocycles. The first-order valence-corrected chi connectivity index (χ1v) is 6.42. The number of rotatable bonds is 5. The molecule has 2 aromatic rings. The van der Waals surface area contributed by atoms with Gasteiger partial charge in [0, 0.05) is 17.8 Å². The van der Waals surface area contributed by atoms with Gasteiger partial charge in [-0.05, 0) is 35.9 Å². The second-order valence-corrected chi connectivity index (χ2v) is 4.44. The third-order valence-electron chi connectivity index (χ3n) is 3.08. The highest BCUT2D eigenvalue weighted by Gasteiger charge is 2.10. The Morgan fingerprint density at radius 1 is 1.10 bits per heavy atom. The molecule has 0 aliphatic carbocycles. The predicted molar refractivity (Wildman–Crippen MR) is 80.1 cm³/mol. The Bertz CT molecular complexity index is 651. The molecule has 0 radical (unpaired) electrons. The lowest BCUT2D eigenvalue weighted by molar-refractivity contribution is 0.0599. The summed E-state index contributed by atoms with van der Waals surface area (Å²) in [5.41, 5.74) is 7.84. The van der Waals surface area contributed by atoms with Crippen LogP contribution in [0.3, 0.4) is 0 Å². The van der Waals surface area contributed by atoms with E-state index in [1.54, 1.807) is 36.4 Å². The summed E-state index contributed by atoms with van der Waals surface area (Å²) in [5, 5.41) is 3.19. The van der Waals surface area contributed by atoms with E-state index in [9.17, 15) is 9.59 Å². The van der Waals surface area contributed by atoms with Crippen LogP contribution in [0.4, 0.5) is 5.69 Å². The minimum atomic E-state index is -0.461. The van der Waals surface area contributed by atoms with E-state index in [2.05, 4.69) is 5.32 Å². The summed E-state index contributed by atoms with van der Waals surface area (Å²) >= 11 is 0. The van der Waals surface area contributed by atoms with Gasteiger partial charge in [-0.25, -0.2) is 4.79 Å². The number of anilines is 1. The average Bonchev–Trinajstić information content (AvgIpc) is 2.52. The van der Waals surface area contributed by atoms with Crippen molar-refractivity contribution in [1.29, 1.82) is 0 Å². The number of benzene rings is 2. The van der Waals surface area contributed by atoms with E-state index in [-0.39, 0.29) is 5.97 Å². The van der Waals surface area contributed by atoms with Gasteiger partial charge in [-0.1, -0.05) is 18.2 Å². The smallest absolute Gasteiger partial charge is 0.338 e. The van der Waals surface area contributed by atoms with Gasteiger partial charge in [0.1, 0.15) is 0 Å². The van der Waals surface area contributed by atoms with Crippen molar-refractivity contribution in [3.05, 3.63) is 65.2 Å². The molecule has 0 unspecified atom stereocenters. The molecule has 21 heavy (non-hydrogen) atoms. The molecule has 0 atom stereocenters. The molecule has 1 amide bonds. The lowest BCUT2D eigenvalue weighted by Gasteiger charge is -2.10. The van der Waals surface area contributed by atoms with Gasteiger partial charge in [0.25, 0.3) is 0 Å². The van der Waals surface area contributed by atoms with Crippen LogP contribution in [0.15, 0.2) is 48.5 Å². The zero-order valence-corrected chi connectivity index (χ0v) is 11.6. The number of hydrogen-bond acceptors (Lipinski definition) is 4. The molecule has 0 saturated heterocycles. The number of nitrogens with one attached hydrogen (secondary N) is 1. The fourth-order valence-corrected chi connectivity index (χ4v) is 1.93. The molecule has 108 valence electrons. The molecule has 0 heterocycles. The molecule has 5 nitrogen and oxygen atoms in total. The molecule has 0 aliphatic heterocycles. The van der Waals surface area contributed by atoms with Crippen LogP contribution in [0.1, 0.15) is 26.3 Å². The predicted octanol–water partition coefficient (Wildman–Crippen LogP) is 2.18. The molecular formula is C16H16N2O3. The third kappa shape index (κ3) is 3.60. The van der Waals surface area contributed by atoms with Gasteiger partial charge >= 0.3 is 5.97 Å². The second-order valence-electron chi connectivity index (χ2n) is 4.44. The largest absolute Gasteiger partial charge is 0.465 e. The molecule has 2 aromatic carbocycles. The number of ether oxygens (including phenoxy) is 1. The summed E-state index contributed by atoms with van der Waals surface area (Å²) in [5.74, 6) is -0.825. The molecule has 0 bridgehead atoms. The van der Waals surface area contributed by atoms with E-state index < -0.39 is 5.91 Å². The number of hydrogen-bond donors (Lipinski definition) is 2. The highest BCUT2D eigenvalue weighted by Crippen LogP contribution is 2.14. The quantitative estimate of drug-likeness (QED) is 0.825. The number of amides is 1. The minimum absolute atomic E-state index is 0.364. The Balaban J connectivity index is 2.09. The number of methoxy groups -OCH3 is 1. The van der Waals surface area contributed by atoms with E-state index >= 15 is 0 Å². The van der Waals surface area contributed by atoms with Gasteiger partial charge < -0.3 is 15.8 Å². The molecule has 3 N–H and O–H groups in total. The minimum Gasteiger partial charge on any atom is -0.465 e. The van der Waals surface area contributed by atoms with Crippen molar-refractivity contribution in [2.24, 2.45) is 5.73 Å². The van der Waals surface area contributed by atoms with Crippen molar-refractivity contribution < 1.29 is 14.3 Å². The molecule has 0 aliphatic rings. The summed E-state index contributed by atoms with van der Waals surface area (Å²) < 4.78 is 4.75. The van der Waals surface area contributed by atoms with Crippen LogP contribution in [-0.4, -0.2) is 19.0 Å². The summed E-state index contributed by atoms with van der Waals surface area (Å²) in [7, 11) is 1.36. The van der Waals surface area contributed by atoms with Crippen LogP contribution < -0.4 is 11.1 Å². The van der Waals surface area contributed by atoms with Crippen molar-refractivity contribution in [2.45, 2.75) is 6.54 Å². The standard InChI is InChI=1S/C16H16N2O3/c1-21-16(20)14-5-3-2-4-12(14)10-18-13-8-6-11(7-9-13)15(17)19/h2-9,18H,10H2,1H3,(H2,17,19). The Morgan fingerprint density at radius 2 is 1.76 bits per heavy atom. The molecule has 0 fully saturated rings. The molecule has 5 heteroatoms. The van der Waals surface area contributed by atoms with Crippen LogP contribution in [0, 0.1) is 0 Å². The van der Waals surface area contributed by atoms with E-state index in [1.807, 2.05) is 12.1 Å². The van der Waals surface area contributed by atoms with Gasteiger partial charge in [0.15, 0.2) is 0 Å². The van der Waals surface area contributed by atoms with Gasteiger partial charge in [-0.2, -0.15) is 0 Å². The first-order valence-electron chi connectivity index (χ1n) is 6.42. The monoisotopic (exact) mass is 284 g/mol. The van der Waals surface area contributed by atoms with Gasteiger partial charge in [-0.15, -0.1) is 0 Å². The van der Waals surface area contributed by atoms with Crippen LogP contribution >= 0.6 is 0 Å². The summed E-state index contributed by atoms with van der Waals surface area (Å²) in [6.07, 6.45) is 0. The van der Waals surface area contributed by atoms with E-state index in [1.165, 1.54) is 7.11 Å².